The standard InChI is InChI=1S/C18H13BrO2/c19-15-9-7-12(8-10-15)17(21)11-14-5-1-3-13-4-2-6-16(20)18(13)14/h1-10,20H,11H2. The minimum atomic E-state index is 0.0400. The minimum absolute atomic E-state index is 0.0400. The van der Waals surface area contributed by atoms with Crippen molar-refractivity contribution in [1.29, 1.82) is 0 Å². The van der Waals surface area contributed by atoms with Crippen molar-refractivity contribution in [2.75, 3.05) is 0 Å². The number of rotatable bonds is 3. The van der Waals surface area contributed by atoms with Gasteiger partial charge in [-0.3, -0.25) is 4.79 Å². The van der Waals surface area contributed by atoms with Gasteiger partial charge in [0.25, 0.3) is 0 Å². The topological polar surface area (TPSA) is 37.3 Å². The number of ketones is 1. The number of hydrogen-bond donors (Lipinski definition) is 1. The summed E-state index contributed by atoms with van der Waals surface area (Å²) in [6, 6.07) is 18.4. The van der Waals surface area contributed by atoms with Gasteiger partial charge in [0.2, 0.25) is 0 Å². The molecule has 21 heavy (non-hydrogen) atoms. The number of hydrogen-bond acceptors (Lipinski definition) is 2. The van der Waals surface area contributed by atoms with Crippen molar-refractivity contribution >= 4 is 32.5 Å². The van der Waals surface area contributed by atoms with E-state index in [1.165, 1.54) is 0 Å². The summed E-state index contributed by atoms with van der Waals surface area (Å²) in [4.78, 5) is 12.4. The van der Waals surface area contributed by atoms with Crippen LogP contribution in [-0.4, -0.2) is 10.9 Å². The van der Waals surface area contributed by atoms with E-state index in [9.17, 15) is 9.90 Å². The third-order valence-corrected chi connectivity index (χ3v) is 4.01. The van der Waals surface area contributed by atoms with E-state index in [2.05, 4.69) is 15.9 Å². The fourth-order valence-electron chi connectivity index (χ4n) is 2.46. The molecule has 0 aromatic heterocycles. The average molecular weight is 341 g/mol. The number of Topliss-reactive ketones (excluding diaryl/α,β-unsaturated/α-hetero) is 1. The van der Waals surface area contributed by atoms with Gasteiger partial charge in [0.05, 0.1) is 0 Å². The maximum Gasteiger partial charge on any atom is 0.167 e. The normalized spacial score (nSPS) is 10.7. The van der Waals surface area contributed by atoms with E-state index in [-0.39, 0.29) is 18.0 Å². The molecule has 0 saturated heterocycles. The van der Waals surface area contributed by atoms with Gasteiger partial charge in [0.15, 0.2) is 5.78 Å². The van der Waals surface area contributed by atoms with Crippen molar-refractivity contribution in [3.8, 4) is 5.75 Å². The molecule has 3 aromatic rings. The Morgan fingerprint density at radius 2 is 1.62 bits per heavy atom. The van der Waals surface area contributed by atoms with Crippen molar-refractivity contribution in [1.82, 2.24) is 0 Å². The predicted octanol–water partition coefficient (Wildman–Crippen LogP) is 4.73. The van der Waals surface area contributed by atoms with Crippen LogP contribution in [0.5, 0.6) is 5.75 Å². The molecule has 0 spiro atoms. The number of phenols is 1. The molecule has 3 rings (SSSR count). The molecule has 3 heteroatoms. The number of carbonyl (C=O) groups excluding carboxylic acids is 1. The summed E-state index contributed by atoms with van der Waals surface area (Å²) in [6.45, 7) is 0. The zero-order chi connectivity index (χ0) is 14.8. The lowest BCUT2D eigenvalue weighted by Gasteiger charge is -2.08. The van der Waals surface area contributed by atoms with Crippen molar-refractivity contribution < 1.29 is 9.90 Å². The summed E-state index contributed by atoms with van der Waals surface area (Å²) in [5.41, 5.74) is 1.52. The molecule has 0 saturated carbocycles. The molecule has 0 bridgehead atoms. The van der Waals surface area contributed by atoms with Crippen LogP contribution in [0.4, 0.5) is 0 Å². The van der Waals surface area contributed by atoms with Crippen molar-refractivity contribution in [3.63, 3.8) is 0 Å². The van der Waals surface area contributed by atoms with Crippen LogP contribution in [-0.2, 0) is 6.42 Å². The fourth-order valence-corrected chi connectivity index (χ4v) is 2.72. The first-order chi connectivity index (χ1) is 10.1. The SMILES string of the molecule is O=C(Cc1cccc2cccc(O)c12)c1ccc(Br)cc1. The van der Waals surface area contributed by atoms with Crippen LogP contribution >= 0.6 is 15.9 Å². The molecular formula is C18H13BrO2. The first kappa shape index (κ1) is 13.8. The zero-order valence-corrected chi connectivity index (χ0v) is 12.8. The van der Waals surface area contributed by atoms with Crippen molar-refractivity contribution in [3.05, 3.63) is 76.3 Å². The Morgan fingerprint density at radius 1 is 0.952 bits per heavy atom. The molecule has 0 unspecified atom stereocenters. The van der Waals surface area contributed by atoms with Crippen molar-refractivity contribution in [2.45, 2.75) is 6.42 Å². The monoisotopic (exact) mass is 340 g/mol. The van der Waals surface area contributed by atoms with E-state index in [1.807, 2.05) is 36.4 Å². The van der Waals surface area contributed by atoms with Crippen LogP contribution < -0.4 is 0 Å². The van der Waals surface area contributed by atoms with Gasteiger partial charge in [-0.25, -0.2) is 0 Å². The van der Waals surface area contributed by atoms with Gasteiger partial charge in [-0.2, -0.15) is 0 Å². The molecule has 2 nitrogen and oxygen atoms in total. The molecule has 0 atom stereocenters. The molecular weight excluding hydrogens is 328 g/mol. The van der Waals surface area contributed by atoms with E-state index < -0.39 is 0 Å². The molecule has 0 fully saturated rings. The summed E-state index contributed by atoms with van der Waals surface area (Å²) in [6.07, 6.45) is 0.274. The van der Waals surface area contributed by atoms with Gasteiger partial charge in [-0.1, -0.05) is 58.4 Å². The average Bonchev–Trinajstić information content (AvgIpc) is 2.48. The zero-order valence-electron chi connectivity index (χ0n) is 11.2. The summed E-state index contributed by atoms with van der Waals surface area (Å²) < 4.78 is 0.946. The lowest BCUT2D eigenvalue weighted by molar-refractivity contribution is 0.0993. The van der Waals surface area contributed by atoms with Crippen LogP contribution in [0, 0.1) is 0 Å². The number of aromatic hydroxyl groups is 1. The highest BCUT2D eigenvalue weighted by Crippen LogP contribution is 2.28. The van der Waals surface area contributed by atoms with Crippen LogP contribution in [0.25, 0.3) is 10.8 Å². The summed E-state index contributed by atoms with van der Waals surface area (Å²) in [5, 5.41) is 11.8. The van der Waals surface area contributed by atoms with E-state index in [1.54, 1.807) is 24.3 Å². The van der Waals surface area contributed by atoms with E-state index in [0.717, 1.165) is 20.8 Å². The highest BCUT2D eigenvalue weighted by Gasteiger charge is 2.11. The summed E-state index contributed by atoms with van der Waals surface area (Å²) in [5.74, 6) is 0.255. The second-order valence-electron chi connectivity index (χ2n) is 4.90. The van der Waals surface area contributed by atoms with Crippen LogP contribution in [0.15, 0.2) is 65.1 Å². The Kier molecular flexibility index (Phi) is 3.76. The molecule has 1 N–H and O–H groups in total. The van der Waals surface area contributed by atoms with Crippen LogP contribution in [0.1, 0.15) is 15.9 Å². The molecule has 104 valence electrons. The number of benzene rings is 3. The van der Waals surface area contributed by atoms with Gasteiger partial charge < -0.3 is 5.11 Å². The summed E-state index contributed by atoms with van der Waals surface area (Å²) in [7, 11) is 0. The van der Waals surface area contributed by atoms with E-state index >= 15 is 0 Å². The molecule has 0 radical (unpaired) electrons. The van der Waals surface area contributed by atoms with Crippen LogP contribution in [0.2, 0.25) is 0 Å². The minimum Gasteiger partial charge on any atom is -0.507 e. The Hall–Kier alpha value is -2.13. The van der Waals surface area contributed by atoms with Crippen molar-refractivity contribution in [2.24, 2.45) is 0 Å². The number of phenolic OH excluding ortho intramolecular Hbond substituents is 1. The quantitative estimate of drug-likeness (QED) is 0.699. The van der Waals surface area contributed by atoms with Gasteiger partial charge in [-0.05, 0) is 29.1 Å². The largest absolute Gasteiger partial charge is 0.507 e. The highest BCUT2D eigenvalue weighted by molar-refractivity contribution is 9.10. The maximum atomic E-state index is 12.4. The summed E-state index contributed by atoms with van der Waals surface area (Å²) >= 11 is 3.36. The Bertz CT molecular complexity index is 802. The number of carbonyl (C=O) groups is 1. The third-order valence-electron chi connectivity index (χ3n) is 3.49. The first-order valence-electron chi connectivity index (χ1n) is 6.63. The second kappa shape index (κ2) is 5.70. The number of fused-ring (bicyclic) bond motifs is 1. The predicted molar refractivity (Wildman–Crippen MR) is 87.8 cm³/mol. The molecule has 0 aliphatic carbocycles. The molecule has 0 aliphatic rings. The molecule has 0 amide bonds. The lowest BCUT2D eigenvalue weighted by Crippen LogP contribution is -2.03. The Labute approximate surface area is 131 Å². The van der Waals surface area contributed by atoms with Crippen LogP contribution in [0.3, 0.4) is 0 Å². The Balaban J connectivity index is 1.98. The lowest BCUT2D eigenvalue weighted by atomic mass is 9.97. The Morgan fingerprint density at radius 3 is 2.33 bits per heavy atom. The maximum absolute atomic E-state index is 12.4. The molecule has 0 aliphatic heterocycles. The third kappa shape index (κ3) is 2.83. The van der Waals surface area contributed by atoms with Gasteiger partial charge in [-0.15, -0.1) is 0 Å². The highest BCUT2D eigenvalue weighted by atomic mass is 79.9. The number of halogens is 1. The smallest absolute Gasteiger partial charge is 0.167 e. The van der Waals surface area contributed by atoms with E-state index in [0.29, 0.717) is 5.56 Å². The van der Waals surface area contributed by atoms with Gasteiger partial charge in [0.1, 0.15) is 5.75 Å². The molecule has 3 aromatic carbocycles. The molecule has 0 heterocycles. The second-order valence-corrected chi connectivity index (χ2v) is 5.81. The first-order valence-corrected chi connectivity index (χ1v) is 7.43. The van der Waals surface area contributed by atoms with Gasteiger partial charge in [0, 0.05) is 21.8 Å². The fraction of sp³-hybridized carbons (Fsp3) is 0.0556. The van der Waals surface area contributed by atoms with E-state index in [4.69, 9.17) is 0 Å². The van der Waals surface area contributed by atoms with Gasteiger partial charge >= 0.3 is 0 Å².